The van der Waals surface area contributed by atoms with Gasteiger partial charge in [-0.1, -0.05) is 17.3 Å². The average Bonchev–Trinajstić information content (AvgIpc) is 3.24. The van der Waals surface area contributed by atoms with Crippen LogP contribution in [0.3, 0.4) is 0 Å². The molecule has 7 nitrogen and oxygen atoms in total. The fourth-order valence-corrected chi connectivity index (χ4v) is 2.81. The van der Waals surface area contributed by atoms with Crippen LogP contribution in [0, 0.1) is 6.92 Å². The summed E-state index contributed by atoms with van der Waals surface area (Å²) >= 11 is 1.50. The first-order chi connectivity index (χ1) is 11.6. The number of hydrogen-bond acceptors (Lipinski definition) is 6. The minimum Gasteiger partial charge on any atom is -0.387 e. The van der Waals surface area contributed by atoms with Crippen LogP contribution in [-0.4, -0.2) is 27.8 Å². The Morgan fingerprint density at radius 2 is 2.29 bits per heavy atom. The molecule has 0 saturated heterocycles. The fourth-order valence-electron chi connectivity index (χ4n) is 2.10. The quantitative estimate of drug-likeness (QED) is 0.661. The summed E-state index contributed by atoms with van der Waals surface area (Å²) in [6, 6.07) is 8.55. The number of carbonyl (C=O) groups is 1. The van der Waals surface area contributed by atoms with Gasteiger partial charge in [0.2, 0.25) is 11.7 Å². The van der Waals surface area contributed by atoms with E-state index in [1.165, 1.54) is 11.3 Å². The largest absolute Gasteiger partial charge is 0.387 e. The summed E-state index contributed by atoms with van der Waals surface area (Å²) in [5, 5.41) is 22.9. The smallest absolute Gasteiger partial charge is 0.319 e. The zero-order valence-corrected chi connectivity index (χ0v) is 13.7. The Bertz CT molecular complexity index is 816. The van der Waals surface area contributed by atoms with Gasteiger partial charge in [0, 0.05) is 24.7 Å². The van der Waals surface area contributed by atoms with Crippen LogP contribution in [0.15, 0.2) is 45.6 Å². The van der Waals surface area contributed by atoms with E-state index in [1.807, 2.05) is 22.9 Å². The normalized spacial score (nSPS) is 11.9. The molecular weight excluding hydrogens is 328 g/mol. The van der Waals surface area contributed by atoms with Crippen LogP contribution >= 0.6 is 11.3 Å². The maximum absolute atomic E-state index is 12.0. The molecule has 0 aliphatic rings. The Labute approximate surface area is 142 Å². The standard InChI is InChI=1S/C16H16N4O3S/c1-10-18-15(20-23-10)11-3-2-4-13(7-11)19-16(22)17-8-14(21)12-5-6-24-9-12/h2-7,9,14,21H,8H2,1H3,(H2,17,19,22). The van der Waals surface area contributed by atoms with E-state index in [2.05, 4.69) is 20.8 Å². The lowest BCUT2D eigenvalue weighted by atomic mass is 10.2. The number of thiophene rings is 1. The minimum atomic E-state index is -0.726. The van der Waals surface area contributed by atoms with Crippen molar-refractivity contribution in [3.05, 3.63) is 52.5 Å². The second kappa shape index (κ2) is 7.24. The van der Waals surface area contributed by atoms with Gasteiger partial charge in [-0.25, -0.2) is 4.79 Å². The molecule has 0 radical (unpaired) electrons. The van der Waals surface area contributed by atoms with Crippen molar-refractivity contribution < 1.29 is 14.4 Å². The molecule has 2 aromatic heterocycles. The molecule has 1 atom stereocenters. The molecule has 2 heterocycles. The molecule has 24 heavy (non-hydrogen) atoms. The Morgan fingerprint density at radius 1 is 1.42 bits per heavy atom. The average molecular weight is 344 g/mol. The molecule has 0 bridgehead atoms. The van der Waals surface area contributed by atoms with Gasteiger partial charge < -0.3 is 20.3 Å². The molecule has 0 spiro atoms. The molecule has 0 fully saturated rings. The minimum absolute atomic E-state index is 0.131. The van der Waals surface area contributed by atoms with E-state index in [4.69, 9.17) is 4.52 Å². The summed E-state index contributed by atoms with van der Waals surface area (Å²) in [6.07, 6.45) is -0.726. The molecule has 1 unspecified atom stereocenters. The molecule has 3 rings (SSSR count). The van der Waals surface area contributed by atoms with Crippen molar-refractivity contribution in [3.8, 4) is 11.4 Å². The third kappa shape index (κ3) is 3.98. The van der Waals surface area contributed by atoms with E-state index in [9.17, 15) is 9.90 Å². The zero-order chi connectivity index (χ0) is 16.9. The highest BCUT2D eigenvalue weighted by molar-refractivity contribution is 7.07. The fraction of sp³-hybridized carbons (Fsp3) is 0.188. The van der Waals surface area contributed by atoms with Crippen molar-refractivity contribution in [2.75, 3.05) is 11.9 Å². The van der Waals surface area contributed by atoms with E-state index in [1.54, 1.807) is 25.1 Å². The first kappa shape index (κ1) is 16.2. The van der Waals surface area contributed by atoms with Gasteiger partial charge in [-0.05, 0) is 34.5 Å². The summed E-state index contributed by atoms with van der Waals surface area (Å²) < 4.78 is 4.95. The van der Waals surface area contributed by atoms with Gasteiger partial charge in [0.1, 0.15) is 0 Å². The van der Waals surface area contributed by atoms with Gasteiger partial charge >= 0.3 is 6.03 Å². The number of anilines is 1. The number of aromatic nitrogens is 2. The summed E-state index contributed by atoms with van der Waals surface area (Å²) in [4.78, 5) is 16.1. The van der Waals surface area contributed by atoms with Gasteiger partial charge in [-0.2, -0.15) is 16.3 Å². The lowest BCUT2D eigenvalue weighted by Gasteiger charge is -2.12. The molecular formula is C16H16N4O3S. The number of nitrogens with one attached hydrogen (secondary N) is 2. The molecule has 3 N–H and O–H groups in total. The first-order valence-electron chi connectivity index (χ1n) is 7.27. The van der Waals surface area contributed by atoms with Crippen molar-refractivity contribution >= 4 is 23.1 Å². The van der Waals surface area contributed by atoms with Gasteiger partial charge in [0.25, 0.3) is 0 Å². The van der Waals surface area contributed by atoms with E-state index >= 15 is 0 Å². The lowest BCUT2D eigenvalue weighted by Crippen LogP contribution is -2.32. The van der Waals surface area contributed by atoms with Crippen molar-refractivity contribution in [1.29, 1.82) is 0 Å². The van der Waals surface area contributed by atoms with E-state index in [-0.39, 0.29) is 6.54 Å². The molecule has 124 valence electrons. The molecule has 2 amide bonds. The van der Waals surface area contributed by atoms with Crippen LogP contribution in [0.5, 0.6) is 0 Å². The van der Waals surface area contributed by atoms with Gasteiger partial charge in [0.15, 0.2) is 0 Å². The molecule has 8 heteroatoms. The van der Waals surface area contributed by atoms with Crippen molar-refractivity contribution in [3.63, 3.8) is 0 Å². The Kier molecular flexibility index (Phi) is 4.88. The molecule has 0 aliphatic carbocycles. The van der Waals surface area contributed by atoms with E-state index in [0.717, 1.165) is 11.1 Å². The van der Waals surface area contributed by atoms with Crippen LogP contribution in [0.1, 0.15) is 17.6 Å². The number of nitrogens with zero attached hydrogens (tertiary/aromatic N) is 2. The lowest BCUT2D eigenvalue weighted by molar-refractivity contribution is 0.175. The van der Waals surface area contributed by atoms with E-state index in [0.29, 0.717) is 17.4 Å². The highest BCUT2D eigenvalue weighted by Crippen LogP contribution is 2.20. The van der Waals surface area contributed by atoms with Crippen LogP contribution in [0.4, 0.5) is 10.5 Å². The number of rotatable bonds is 5. The predicted octanol–water partition coefficient (Wildman–Crippen LogP) is 2.96. The molecule has 3 aromatic rings. The van der Waals surface area contributed by atoms with Crippen LogP contribution in [-0.2, 0) is 0 Å². The summed E-state index contributed by atoms with van der Waals surface area (Å²) in [5.41, 5.74) is 2.12. The Hall–Kier alpha value is -2.71. The van der Waals surface area contributed by atoms with Crippen molar-refractivity contribution in [2.45, 2.75) is 13.0 Å². The third-order valence-electron chi connectivity index (χ3n) is 3.29. The van der Waals surface area contributed by atoms with Crippen LogP contribution in [0.2, 0.25) is 0 Å². The Balaban J connectivity index is 1.58. The SMILES string of the molecule is Cc1nc(-c2cccc(NC(=O)NCC(O)c3ccsc3)c2)no1. The van der Waals surface area contributed by atoms with Gasteiger partial charge in [0.05, 0.1) is 6.10 Å². The topological polar surface area (TPSA) is 100 Å². The second-order valence-corrected chi connectivity index (χ2v) is 5.91. The number of hydrogen-bond donors (Lipinski definition) is 3. The summed E-state index contributed by atoms with van der Waals surface area (Å²) in [5.74, 6) is 0.938. The van der Waals surface area contributed by atoms with E-state index < -0.39 is 12.1 Å². The second-order valence-electron chi connectivity index (χ2n) is 5.13. The first-order valence-corrected chi connectivity index (χ1v) is 8.22. The monoisotopic (exact) mass is 344 g/mol. The third-order valence-corrected chi connectivity index (χ3v) is 3.99. The number of aryl methyl sites for hydroxylation is 1. The number of urea groups is 1. The zero-order valence-electron chi connectivity index (χ0n) is 12.9. The molecule has 0 aliphatic heterocycles. The number of aliphatic hydroxyl groups is 1. The molecule has 1 aromatic carbocycles. The highest BCUT2D eigenvalue weighted by Gasteiger charge is 2.11. The maximum Gasteiger partial charge on any atom is 0.319 e. The van der Waals surface area contributed by atoms with Crippen molar-refractivity contribution in [1.82, 2.24) is 15.5 Å². The number of carbonyl (C=O) groups excluding carboxylic acids is 1. The predicted molar refractivity (Wildman–Crippen MR) is 90.8 cm³/mol. The number of aliphatic hydroxyl groups excluding tert-OH is 1. The summed E-state index contributed by atoms with van der Waals surface area (Å²) in [7, 11) is 0. The highest BCUT2D eigenvalue weighted by atomic mass is 32.1. The maximum atomic E-state index is 12.0. The Morgan fingerprint density at radius 3 is 3.00 bits per heavy atom. The summed E-state index contributed by atoms with van der Waals surface area (Å²) in [6.45, 7) is 1.84. The molecule has 0 saturated carbocycles. The van der Waals surface area contributed by atoms with Crippen LogP contribution in [0.25, 0.3) is 11.4 Å². The van der Waals surface area contributed by atoms with Crippen molar-refractivity contribution in [2.24, 2.45) is 0 Å². The van der Waals surface area contributed by atoms with Gasteiger partial charge in [-0.15, -0.1) is 0 Å². The van der Waals surface area contributed by atoms with Gasteiger partial charge in [-0.3, -0.25) is 0 Å². The number of amides is 2. The van der Waals surface area contributed by atoms with Crippen LogP contribution < -0.4 is 10.6 Å². The number of benzene rings is 1.